The summed E-state index contributed by atoms with van der Waals surface area (Å²) in [6.07, 6.45) is -0.0528. The van der Waals surface area contributed by atoms with Gasteiger partial charge >= 0.3 is 0 Å². The van der Waals surface area contributed by atoms with Crippen LogP contribution in [0.15, 0.2) is 18.2 Å². The van der Waals surface area contributed by atoms with E-state index in [0.29, 0.717) is 11.3 Å². The van der Waals surface area contributed by atoms with Gasteiger partial charge in [-0.2, -0.15) is 0 Å². The molecule has 2 rings (SSSR count). The molecule has 1 aliphatic rings. The molecule has 4 unspecified atom stereocenters. The number of carbonyl (C=O) groups is 1. The van der Waals surface area contributed by atoms with Gasteiger partial charge in [0.2, 0.25) is 5.91 Å². The van der Waals surface area contributed by atoms with Crippen molar-refractivity contribution in [2.45, 2.75) is 39.5 Å². The van der Waals surface area contributed by atoms with Crippen LogP contribution in [0.5, 0.6) is 0 Å². The van der Waals surface area contributed by atoms with Crippen LogP contribution in [0.25, 0.3) is 0 Å². The van der Waals surface area contributed by atoms with Crippen molar-refractivity contribution < 1.29 is 13.9 Å². The van der Waals surface area contributed by atoms with E-state index in [1.54, 1.807) is 12.1 Å². The molecule has 4 atom stereocenters. The minimum absolute atomic E-state index is 0.0635. The van der Waals surface area contributed by atoms with Gasteiger partial charge in [-0.05, 0) is 38.0 Å². The lowest BCUT2D eigenvalue weighted by atomic mass is 9.89. The van der Waals surface area contributed by atoms with Crippen LogP contribution in [0.1, 0.15) is 26.3 Å². The molecule has 1 amide bonds. The van der Waals surface area contributed by atoms with Crippen molar-refractivity contribution in [1.29, 1.82) is 0 Å². The average Bonchev–Trinajstić information content (AvgIpc) is 2.65. The summed E-state index contributed by atoms with van der Waals surface area (Å²) in [5, 5.41) is 2.83. The number of benzene rings is 1. The third kappa shape index (κ3) is 2.83. The average molecular weight is 280 g/mol. The molecule has 1 fully saturated rings. The molecule has 1 heterocycles. The van der Waals surface area contributed by atoms with Gasteiger partial charge in [0, 0.05) is 17.8 Å². The van der Waals surface area contributed by atoms with E-state index in [9.17, 15) is 9.18 Å². The van der Waals surface area contributed by atoms with Crippen LogP contribution >= 0.6 is 0 Å². The maximum absolute atomic E-state index is 13.4. The normalized spacial score (nSPS) is 29.4. The van der Waals surface area contributed by atoms with E-state index in [4.69, 9.17) is 10.5 Å². The Morgan fingerprint density at radius 1 is 1.35 bits per heavy atom. The van der Waals surface area contributed by atoms with Crippen molar-refractivity contribution >= 4 is 11.6 Å². The monoisotopic (exact) mass is 280 g/mol. The Bertz CT molecular complexity index is 507. The van der Waals surface area contributed by atoms with E-state index in [1.165, 1.54) is 6.07 Å². The van der Waals surface area contributed by atoms with Gasteiger partial charge in [-0.3, -0.25) is 4.79 Å². The minimum Gasteiger partial charge on any atom is -0.374 e. The Hall–Kier alpha value is -1.46. The van der Waals surface area contributed by atoms with Gasteiger partial charge in [0.15, 0.2) is 0 Å². The summed E-state index contributed by atoms with van der Waals surface area (Å²) in [5.74, 6) is -0.496. The molecule has 1 aliphatic heterocycles. The van der Waals surface area contributed by atoms with Gasteiger partial charge in [0.05, 0.1) is 18.1 Å². The molecule has 0 spiro atoms. The lowest BCUT2D eigenvalue weighted by Gasteiger charge is -2.18. The summed E-state index contributed by atoms with van der Waals surface area (Å²) in [6.45, 7) is 5.99. The van der Waals surface area contributed by atoms with Crippen molar-refractivity contribution in [2.24, 2.45) is 17.6 Å². The second-order valence-electron chi connectivity index (χ2n) is 5.43. The molecular weight excluding hydrogens is 259 g/mol. The largest absolute Gasteiger partial charge is 0.374 e. The predicted octanol–water partition coefficient (Wildman–Crippen LogP) is 2.28. The fraction of sp³-hybridized carbons (Fsp3) is 0.533. The molecule has 3 N–H and O–H groups in total. The van der Waals surface area contributed by atoms with E-state index < -0.39 is 0 Å². The Balaban J connectivity index is 2.12. The van der Waals surface area contributed by atoms with Gasteiger partial charge in [-0.25, -0.2) is 4.39 Å². The Kier molecular flexibility index (Phi) is 4.40. The molecule has 0 saturated carbocycles. The molecule has 1 saturated heterocycles. The van der Waals surface area contributed by atoms with Crippen LogP contribution in [-0.4, -0.2) is 18.1 Å². The van der Waals surface area contributed by atoms with Crippen LogP contribution in [0.2, 0.25) is 0 Å². The molecule has 0 aromatic heterocycles. The lowest BCUT2D eigenvalue weighted by Crippen LogP contribution is -2.32. The molecule has 5 heteroatoms. The Labute approximate surface area is 118 Å². The second-order valence-corrected chi connectivity index (χ2v) is 5.43. The van der Waals surface area contributed by atoms with Crippen molar-refractivity contribution in [3.05, 3.63) is 29.6 Å². The number of anilines is 1. The molecule has 110 valence electrons. The molecule has 1 aromatic rings. The molecular formula is C15H21FN2O2. The molecule has 0 aliphatic carbocycles. The van der Waals surface area contributed by atoms with E-state index in [-0.39, 0.29) is 42.3 Å². The number of ether oxygens (including phenoxy) is 1. The van der Waals surface area contributed by atoms with Crippen LogP contribution < -0.4 is 11.1 Å². The van der Waals surface area contributed by atoms with Crippen LogP contribution in [0, 0.1) is 17.7 Å². The van der Waals surface area contributed by atoms with Crippen molar-refractivity contribution in [1.82, 2.24) is 0 Å². The number of hydrogen-bond acceptors (Lipinski definition) is 3. The Morgan fingerprint density at radius 3 is 2.60 bits per heavy atom. The molecule has 0 radical (unpaired) electrons. The highest BCUT2D eigenvalue weighted by atomic mass is 19.1. The fourth-order valence-corrected chi connectivity index (χ4v) is 2.75. The smallest absolute Gasteiger partial charge is 0.230 e. The first-order chi connectivity index (χ1) is 9.43. The van der Waals surface area contributed by atoms with Gasteiger partial charge in [0.1, 0.15) is 5.82 Å². The molecule has 4 nitrogen and oxygen atoms in total. The summed E-state index contributed by atoms with van der Waals surface area (Å²) in [5.41, 5.74) is 6.42. The highest BCUT2D eigenvalue weighted by molar-refractivity contribution is 5.93. The van der Waals surface area contributed by atoms with E-state index in [1.807, 2.05) is 20.8 Å². The predicted molar refractivity (Wildman–Crippen MR) is 75.6 cm³/mol. The van der Waals surface area contributed by atoms with Crippen LogP contribution in [0.4, 0.5) is 10.1 Å². The van der Waals surface area contributed by atoms with E-state index in [0.717, 1.165) is 0 Å². The molecule has 20 heavy (non-hydrogen) atoms. The van der Waals surface area contributed by atoms with Crippen molar-refractivity contribution in [3.63, 3.8) is 0 Å². The number of halogens is 1. The highest BCUT2D eigenvalue weighted by Gasteiger charge is 2.41. The van der Waals surface area contributed by atoms with Crippen molar-refractivity contribution in [3.8, 4) is 0 Å². The zero-order valence-corrected chi connectivity index (χ0v) is 12.0. The number of rotatable bonds is 3. The van der Waals surface area contributed by atoms with Gasteiger partial charge in [-0.15, -0.1) is 0 Å². The summed E-state index contributed by atoms with van der Waals surface area (Å²) in [6, 6.07) is 4.43. The van der Waals surface area contributed by atoms with E-state index in [2.05, 4.69) is 5.32 Å². The number of nitrogens with two attached hydrogens (primary N) is 1. The Morgan fingerprint density at radius 2 is 2.05 bits per heavy atom. The van der Waals surface area contributed by atoms with Crippen molar-refractivity contribution in [2.75, 3.05) is 5.32 Å². The maximum Gasteiger partial charge on any atom is 0.230 e. The summed E-state index contributed by atoms with van der Waals surface area (Å²) in [4.78, 5) is 12.3. The standard InChI is InChI=1S/C15H21FN2O2/c1-8-9(2)20-10(3)14(8)15(19)18-12-4-5-13(16)11(6-12)7-17/h4-6,8-10,14H,7,17H2,1-3H3,(H,18,19). The second kappa shape index (κ2) is 5.89. The van der Waals surface area contributed by atoms with E-state index >= 15 is 0 Å². The number of nitrogens with one attached hydrogen (secondary N) is 1. The fourth-order valence-electron chi connectivity index (χ4n) is 2.75. The first-order valence-corrected chi connectivity index (χ1v) is 6.89. The third-order valence-electron chi connectivity index (χ3n) is 4.08. The summed E-state index contributed by atoms with van der Waals surface area (Å²) in [7, 11) is 0. The third-order valence-corrected chi connectivity index (χ3v) is 4.08. The van der Waals surface area contributed by atoms with Crippen LogP contribution in [-0.2, 0) is 16.1 Å². The van der Waals surface area contributed by atoms with Gasteiger partial charge in [0.25, 0.3) is 0 Å². The zero-order chi connectivity index (χ0) is 14.9. The van der Waals surface area contributed by atoms with Gasteiger partial charge < -0.3 is 15.8 Å². The van der Waals surface area contributed by atoms with Gasteiger partial charge in [-0.1, -0.05) is 6.92 Å². The number of amides is 1. The quantitative estimate of drug-likeness (QED) is 0.892. The number of carbonyl (C=O) groups excluding carboxylic acids is 1. The SMILES string of the molecule is CC1OC(C)C(C(=O)Nc2ccc(F)c(CN)c2)C1C. The lowest BCUT2D eigenvalue weighted by molar-refractivity contribution is -0.121. The summed E-state index contributed by atoms with van der Waals surface area (Å²) >= 11 is 0. The maximum atomic E-state index is 13.4. The summed E-state index contributed by atoms with van der Waals surface area (Å²) < 4.78 is 19.0. The zero-order valence-electron chi connectivity index (χ0n) is 12.0. The first-order valence-electron chi connectivity index (χ1n) is 6.89. The topological polar surface area (TPSA) is 64.3 Å². The molecule has 0 bridgehead atoms. The first kappa shape index (κ1) is 14.9. The molecule has 1 aromatic carbocycles. The van der Waals surface area contributed by atoms with Crippen LogP contribution in [0.3, 0.4) is 0 Å². The highest BCUT2D eigenvalue weighted by Crippen LogP contribution is 2.33. The minimum atomic E-state index is -0.356. The number of hydrogen-bond donors (Lipinski definition) is 2.